The normalized spacial score (nSPS) is 22.1. The number of piperazine rings is 1. The largest absolute Gasteiger partial charge is 0.464 e. The Hall–Kier alpha value is -2.97. The summed E-state index contributed by atoms with van der Waals surface area (Å²) in [5, 5.41) is 6.25. The fraction of sp³-hybridized carbons (Fsp3) is 0.567. The van der Waals surface area contributed by atoms with Gasteiger partial charge in [0.2, 0.25) is 0 Å². The van der Waals surface area contributed by atoms with Gasteiger partial charge in [-0.2, -0.15) is 5.10 Å². The van der Waals surface area contributed by atoms with Crippen molar-refractivity contribution in [2.75, 3.05) is 51.3 Å². The van der Waals surface area contributed by atoms with E-state index >= 15 is 0 Å². The highest BCUT2D eigenvalue weighted by atomic mass is 16.5. The van der Waals surface area contributed by atoms with E-state index in [9.17, 15) is 4.79 Å². The number of esters is 1. The summed E-state index contributed by atoms with van der Waals surface area (Å²) in [6, 6.07) is 13.6. The Labute approximate surface area is 224 Å². The number of carbonyl (C=O) groups excluding carboxylic acids is 1. The fourth-order valence-corrected chi connectivity index (χ4v) is 6.68. The Morgan fingerprint density at radius 3 is 2.11 bits per heavy atom. The fourth-order valence-electron chi connectivity index (χ4n) is 6.68. The highest BCUT2D eigenvalue weighted by molar-refractivity contribution is 5.99. The van der Waals surface area contributed by atoms with Crippen molar-refractivity contribution >= 4 is 22.7 Å². The van der Waals surface area contributed by atoms with E-state index < -0.39 is 5.97 Å². The number of pyridine rings is 1. The lowest BCUT2D eigenvalue weighted by Gasteiger charge is -2.43. The van der Waals surface area contributed by atoms with E-state index in [-0.39, 0.29) is 0 Å². The van der Waals surface area contributed by atoms with Crippen molar-refractivity contribution in [3.05, 3.63) is 47.8 Å². The van der Waals surface area contributed by atoms with Crippen molar-refractivity contribution < 1.29 is 9.53 Å². The maximum absolute atomic E-state index is 12.7. The Morgan fingerprint density at radius 2 is 1.53 bits per heavy atom. The van der Waals surface area contributed by atoms with Crippen molar-refractivity contribution in [2.24, 2.45) is 0 Å². The molecule has 0 atom stereocenters. The van der Waals surface area contributed by atoms with Gasteiger partial charge in [0.1, 0.15) is 0 Å². The maximum atomic E-state index is 12.7. The molecule has 38 heavy (non-hydrogen) atoms. The molecular weight excluding hydrogens is 476 g/mol. The van der Waals surface area contributed by atoms with Gasteiger partial charge in [0.05, 0.1) is 29.6 Å². The zero-order chi connectivity index (χ0) is 25.6. The summed E-state index contributed by atoms with van der Waals surface area (Å²) in [6.07, 6.45) is 8.65. The molecule has 0 bridgehead atoms. The number of anilines is 1. The summed E-state index contributed by atoms with van der Waals surface area (Å²) in [6.45, 7) is 6.80. The molecule has 2 aromatic heterocycles. The van der Waals surface area contributed by atoms with Gasteiger partial charge in [0.15, 0.2) is 11.3 Å². The number of carbonyl (C=O) groups is 1. The average Bonchev–Trinajstić information content (AvgIpc) is 3.74. The first kappa shape index (κ1) is 24.1. The third kappa shape index (κ3) is 4.37. The number of ether oxygens (including phenoxy) is 1. The predicted octanol–water partition coefficient (Wildman–Crippen LogP) is 4.22. The minimum Gasteiger partial charge on any atom is -0.464 e. The predicted molar refractivity (Wildman–Crippen MR) is 148 cm³/mol. The molecular formula is C30H38N6O2. The van der Waals surface area contributed by atoms with Crippen LogP contribution in [0, 0.1) is 0 Å². The van der Waals surface area contributed by atoms with Crippen LogP contribution in [0.2, 0.25) is 0 Å². The van der Waals surface area contributed by atoms with Crippen molar-refractivity contribution in [3.63, 3.8) is 0 Å². The maximum Gasteiger partial charge on any atom is 0.356 e. The van der Waals surface area contributed by atoms with Gasteiger partial charge in [-0.25, -0.2) is 14.5 Å². The molecule has 2 aliphatic carbocycles. The quantitative estimate of drug-likeness (QED) is 0.456. The van der Waals surface area contributed by atoms with Crippen LogP contribution in [0.1, 0.15) is 67.0 Å². The lowest BCUT2D eigenvalue weighted by molar-refractivity contribution is 0.0594. The van der Waals surface area contributed by atoms with E-state index in [1.807, 2.05) is 28.9 Å². The molecule has 7 rings (SSSR count). The van der Waals surface area contributed by atoms with E-state index in [0.717, 1.165) is 72.9 Å². The van der Waals surface area contributed by atoms with Crippen molar-refractivity contribution in [2.45, 2.75) is 62.9 Å². The summed E-state index contributed by atoms with van der Waals surface area (Å²) in [4.78, 5) is 25.5. The highest BCUT2D eigenvalue weighted by Gasteiger charge is 2.35. The molecule has 0 radical (unpaired) electrons. The SMILES string of the molecule is COC(=O)c1cc(N2CCC(N3CCN(C4CC4)CC3)CC2)c2c(C3CCC3)nn(-c3ccccc3)c2n1. The average molecular weight is 515 g/mol. The van der Waals surface area contributed by atoms with E-state index in [2.05, 4.69) is 26.8 Å². The van der Waals surface area contributed by atoms with Gasteiger partial charge in [-0.3, -0.25) is 9.80 Å². The topological polar surface area (TPSA) is 66.7 Å². The monoisotopic (exact) mass is 514 g/mol. The van der Waals surface area contributed by atoms with Crippen LogP contribution < -0.4 is 4.90 Å². The van der Waals surface area contributed by atoms with Gasteiger partial charge in [-0.15, -0.1) is 0 Å². The molecule has 4 heterocycles. The molecule has 0 spiro atoms. The van der Waals surface area contributed by atoms with Crippen LogP contribution in [-0.4, -0.2) is 89.0 Å². The molecule has 8 heteroatoms. The third-order valence-corrected chi connectivity index (χ3v) is 9.26. The lowest BCUT2D eigenvalue weighted by atomic mass is 9.82. The van der Waals surface area contributed by atoms with E-state index in [0.29, 0.717) is 17.7 Å². The molecule has 4 aliphatic rings. The van der Waals surface area contributed by atoms with E-state index in [1.54, 1.807) is 0 Å². The Bertz CT molecular complexity index is 1300. The minimum atomic E-state index is -0.400. The number of hydrogen-bond donors (Lipinski definition) is 0. The zero-order valence-electron chi connectivity index (χ0n) is 22.4. The number of hydrogen-bond acceptors (Lipinski definition) is 7. The molecule has 0 N–H and O–H groups in total. The molecule has 2 saturated carbocycles. The van der Waals surface area contributed by atoms with Gasteiger partial charge in [-0.05, 0) is 56.7 Å². The van der Waals surface area contributed by atoms with Crippen molar-refractivity contribution in [1.82, 2.24) is 24.6 Å². The number of fused-ring (bicyclic) bond motifs is 1. The van der Waals surface area contributed by atoms with Crippen LogP contribution >= 0.6 is 0 Å². The second kappa shape index (κ2) is 9.97. The summed E-state index contributed by atoms with van der Waals surface area (Å²) >= 11 is 0. The molecule has 3 aromatic rings. The standard InChI is InChI=1S/C30H38N6O2/c1-38-30(37)25-20-26(35-14-12-23(13-15-35)34-18-16-33(17-19-34)22-10-11-22)27-28(21-6-5-7-21)32-36(29(27)31-25)24-8-3-2-4-9-24/h2-4,8-9,20-23H,5-7,10-19H2,1H3. The Morgan fingerprint density at radius 1 is 0.868 bits per heavy atom. The first-order valence-corrected chi connectivity index (χ1v) is 14.5. The van der Waals surface area contributed by atoms with E-state index in [1.165, 1.54) is 52.6 Å². The molecule has 200 valence electrons. The summed E-state index contributed by atoms with van der Waals surface area (Å²) in [5.41, 5.74) is 4.30. The first-order valence-electron chi connectivity index (χ1n) is 14.5. The van der Waals surface area contributed by atoms with Crippen LogP contribution in [-0.2, 0) is 4.74 Å². The number of rotatable bonds is 6. The van der Waals surface area contributed by atoms with Crippen LogP contribution in [0.25, 0.3) is 16.7 Å². The summed E-state index contributed by atoms with van der Waals surface area (Å²) in [5.74, 6) is 0.0508. The van der Waals surface area contributed by atoms with E-state index in [4.69, 9.17) is 14.8 Å². The van der Waals surface area contributed by atoms with Crippen LogP contribution in [0.3, 0.4) is 0 Å². The number of benzene rings is 1. The number of piperidine rings is 1. The molecule has 2 aliphatic heterocycles. The Balaban J connectivity index is 1.21. The van der Waals surface area contributed by atoms with Crippen LogP contribution in [0.4, 0.5) is 5.69 Å². The van der Waals surface area contributed by atoms with Gasteiger partial charge < -0.3 is 9.64 Å². The third-order valence-electron chi connectivity index (χ3n) is 9.26. The molecule has 2 saturated heterocycles. The second-order valence-electron chi connectivity index (χ2n) is 11.5. The molecule has 0 amide bonds. The summed E-state index contributed by atoms with van der Waals surface area (Å²) in [7, 11) is 1.43. The number of aromatic nitrogens is 3. The zero-order valence-corrected chi connectivity index (χ0v) is 22.4. The summed E-state index contributed by atoms with van der Waals surface area (Å²) < 4.78 is 7.06. The van der Waals surface area contributed by atoms with Gasteiger partial charge >= 0.3 is 5.97 Å². The van der Waals surface area contributed by atoms with Gasteiger partial charge in [0.25, 0.3) is 0 Å². The number of methoxy groups -OCH3 is 1. The smallest absolute Gasteiger partial charge is 0.356 e. The molecule has 4 fully saturated rings. The number of para-hydroxylation sites is 1. The molecule has 8 nitrogen and oxygen atoms in total. The first-order chi connectivity index (χ1) is 18.7. The molecule has 1 aromatic carbocycles. The van der Waals surface area contributed by atoms with Crippen LogP contribution in [0.15, 0.2) is 36.4 Å². The van der Waals surface area contributed by atoms with Gasteiger partial charge in [-0.1, -0.05) is 24.6 Å². The lowest BCUT2D eigenvalue weighted by Crippen LogP contribution is -2.53. The van der Waals surface area contributed by atoms with Gasteiger partial charge in [0, 0.05) is 57.3 Å². The number of nitrogens with zero attached hydrogens (tertiary/aromatic N) is 6. The van der Waals surface area contributed by atoms with Crippen molar-refractivity contribution in [1.29, 1.82) is 0 Å². The molecule has 0 unspecified atom stereocenters. The van der Waals surface area contributed by atoms with Crippen molar-refractivity contribution in [3.8, 4) is 5.69 Å². The highest BCUT2D eigenvalue weighted by Crippen LogP contribution is 2.43. The van der Waals surface area contributed by atoms with Crippen LogP contribution in [0.5, 0.6) is 0 Å². The Kier molecular flexibility index (Phi) is 6.32. The second-order valence-corrected chi connectivity index (χ2v) is 11.5. The minimum absolute atomic E-state index is 0.352.